The molecule has 0 radical (unpaired) electrons. The predicted octanol–water partition coefficient (Wildman–Crippen LogP) is 1.79. The number of nitrogens with zero attached hydrogens (tertiary/aromatic N) is 2. The SMILES string of the molecule is CCN1CCCC1CN1CCC(CNC(C)C)C1. The molecule has 2 rings (SSSR count). The molecule has 0 bridgehead atoms. The summed E-state index contributed by atoms with van der Waals surface area (Å²) in [6, 6.07) is 1.47. The van der Waals surface area contributed by atoms with Crippen LogP contribution in [0.3, 0.4) is 0 Å². The van der Waals surface area contributed by atoms with E-state index < -0.39 is 0 Å². The molecule has 0 saturated carbocycles. The van der Waals surface area contributed by atoms with E-state index in [1.165, 1.54) is 58.5 Å². The number of likely N-dealkylation sites (tertiary alicyclic amines) is 2. The van der Waals surface area contributed by atoms with Gasteiger partial charge in [-0.2, -0.15) is 0 Å². The average molecular weight is 253 g/mol. The Bertz CT molecular complexity index is 242. The summed E-state index contributed by atoms with van der Waals surface area (Å²) in [5, 5.41) is 3.58. The molecule has 2 aliphatic heterocycles. The summed E-state index contributed by atoms with van der Waals surface area (Å²) < 4.78 is 0. The lowest BCUT2D eigenvalue weighted by molar-refractivity contribution is 0.194. The molecule has 2 fully saturated rings. The van der Waals surface area contributed by atoms with Gasteiger partial charge in [0.2, 0.25) is 0 Å². The molecule has 2 heterocycles. The minimum Gasteiger partial charge on any atom is -0.314 e. The Labute approximate surface area is 113 Å². The zero-order valence-electron chi connectivity index (χ0n) is 12.5. The molecule has 18 heavy (non-hydrogen) atoms. The smallest absolute Gasteiger partial charge is 0.0223 e. The van der Waals surface area contributed by atoms with Crippen LogP contribution >= 0.6 is 0 Å². The van der Waals surface area contributed by atoms with E-state index in [1.807, 2.05) is 0 Å². The van der Waals surface area contributed by atoms with Crippen molar-refractivity contribution >= 4 is 0 Å². The lowest BCUT2D eigenvalue weighted by Crippen LogP contribution is -2.40. The summed E-state index contributed by atoms with van der Waals surface area (Å²) in [7, 11) is 0. The Morgan fingerprint density at radius 2 is 2.06 bits per heavy atom. The fraction of sp³-hybridized carbons (Fsp3) is 1.00. The predicted molar refractivity (Wildman–Crippen MR) is 78.0 cm³/mol. The summed E-state index contributed by atoms with van der Waals surface area (Å²) in [5.41, 5.74) is 0. The van der Waals surface area contributed by atoms with E-state index in [0.717, 1.165) is 12.0 Å². The van der Waals surface area contributed by atoms with Crippen molar-refractivity contribution in [2.75, 3.05) is 39.3 Å². The van der Waals surface area contributed by atoms with Gasteiger partial charge in [-0.05, 0) is 51.4 Å². The van der Waals surface area contributed by atoms with Gasteiger partial charge in [0.15, 0.2) is 0 Å². The van der Waals surface area contributed by atoms with Crippen molar-refractivity contribution in [2.45, 2.75) is 52.1 Å². The second-order valence-electron chi connectivity index (χ2n) is 6.40. The molecule has 1 N–H and O–H groups in total. The molecule has 3 nitrogen and oxygen atoms in total. The zero-order chi connectivity index (χ0) is 13.0. The van der Waals surface area contributed by atoms with Gasteiger partial charge in [0.25, 0.3) is 0 Å². The number of likely N-dealkylation sites (N-methyl/N-ethyl adjacent to an activating group) is 1. The standard InChI is InChI=1S/C15H31N3/c1-4-18-8-5-6-15(18)12-17-9-7-14(11-17)10-16-13(2)3/h13-16H,4-12H2,1-3H3. The van der Waals surface area contributed by atoms with Gasteiger partial charge in [-0.1, -0.05) is 20.8 Å². The molecule has 106 valence electrons. The molecule has 2 saturated heterocycles. The fourth-order valence-electron chi connectivity index (χ4n) is 3.46. The van der Waals surface area contributed by atoms with E-state index in [2.05, 4.69) is 35.9 Å². The molecule has 3 heteroatoms. The van der Waals surface area contributed by atoms with Crippen LogP contribution in [0.15, 0.2) is 0 Å². The number of rotatable bonds is 6. The second-order valence-corrected chi connectivity index (χ2v) is 6.40. The maximum Gasteiger partial charge on any atom is 0.0223 e. The van der Waals surface area contributed by atoms with E-state index in [4.69, 9.17) is 0 Å². The summed E-state index contributed by atoms with van der Waals surface area (Å²) in [4.78, 5) is 5.37. The molecule has 0 aromatic rings. The molecule has 0 amide bonds. The summed E-state index contributed by atoms with van der Waals surface area (Å²) in [6.45, 7) is 14.5. The molecule has 2 unspecified atom stereocenters. The third-order valence-corrected chi connectivity index (χ3v) is 4.56. The number of hydrogen-bond acceptors (Lipinski definition) is 3. The molecule has 2 atom stereocenters. The lowest BCUT2D eigenvalue weighted by Gasteiger charge is -2.27. The number of hydrogen-bond donors (Lipinski definition) is 1. The van der Waals surface area contributed by atoms with Crippen LogP contribution < -0.4 is 5.32 Å². The van der Waals surface area contributed by atoms with E-state index >= 15 is 0 Å². The first-order valence-electron chi connectivity index (χ1n) is 7.88. The highest BCUT2D eigenvalue weighted by Gasteiger charge is 2.28. The van der Waals surface area contributed by atoms with Gasteiger partial charge in [-0.15, -0.1) is 0 Å². The summed E-state index contributed by atoms with van der Waals surface area (Å²) in [6.07, 6.45) is 4.21. The van der Waals surface area contributed by atoms with Gasteiger partial charge >= 0.3 is 0 Å². The highest BCUT2D eigenvalue weighted by molar-refractivity contribution is 4.85. The van der Waals surface area contributed by atoms with Crippen LogP contribution in [-0.2, 0) is 0 Å². The first-order valence-corrected chi connectivity index (χ1v) is 7.88. The van der Waals surface area contributed by atoms with Gasteiger partial charge in [0, 0.05) is 25.2 Å². The molecule has 0 aliphatic carbocycles. The van der Waals surface area contributed by atoms with Crippen LogP contribution in [0, 0.1) is 5.92 Å². The van der Waals surface area contributed by atoms with Crippen LogP contribution in [-0.4, -0.2) is 61.2 Å². The van der Waals surface area contributed by atoms with E-state index in [9.17, 15) is 0 Å². The first kappa shape index (κ1) is 14.3. The fourth-order valence-corrected chi connectivity index (χ4v) is 3.46. The lowest BCUT2D eigenvalue weighted by atomic mass is 10.1. The Kier molecular flexibility index (Phi) is 5.46. The number of nitrogens with one attached hydrogen (secondary N) is 1. The Morgan fingerprint density at radius 1 is 1.22 bits per heavy atom. The molecule has 0 spiro atoms. The Hall–Kier alpha value is -0.120. The Morgan fingerprint density at radius 3 is 2.78 bits per heavy atom. The maximum absolute atomic E-state index is 3.58. The van der Waals surface area contributed by atoms with Crippen LogP contribution in [0.4, 0.5) is 0 Å². The summed E-state index contributed by atoms with van der Waals surface area (Å²) >= 11 is 0. The first-order chi connectivity index (χ1) is 8.69. The van der Waals surface area contributed by atoms with Crippen LogP contribution in [0.25, 0.3) is 0 Å². The van der Waals surface area contributed by atoms with E-state index in [0.29, 0.717) is 6.04 Å². The quantitative estimate of drug-likeness (QED) is 0.778. The van der Waals surface area contributed by atoms with E-state index in [1.54, 1.807) is 0 Å². The second kappa shape index (κ2) is 6.88. The van der Waals surface area contributed by atoms with Crippen molar-refractivity contribution in [1.82, 2.24) is 15.1 Å². The minimum absolute atomic E-state index is 0.629. The van der Waals surface area contributed by atoms with Crippen LogP contribution in [0.1, 0.15) is 40.0 Å². The third kappa shape index (κ3) is 3.94. The Balaban J connectivity index is 1.69. The highest BCUT2D eigenvalue weighted by atomic mass is 15.2. The topological polar surface area (TPSA) is 18.5 Å². The van der Waals surface area contributed by atoms with Crippen molar-refractivity contribution < 1.29 is 0 Å². The minimum atomic E-state index is 0.629. The normalized spacial score (nSPS) is 30.7. The zero-order valence-corrected chi connectivity index (χ0v) is 12.5. The molecular weight excluding hydrogens is 222 g/mol. The van der Waals surface area contributed by atoms with Gasteiger partial charge in [-0.3, -0.25) is 4.90 Å². The highest BCUT2D eigenvalue weighted by Crippen LogP contribution is 2.21. The van der Waals surface area contributed by atoms with Crippen LogP contribution in [0.5, 0.6) is 0 Å². The van der Waals surface area contributed by atoms with Crippen molar-refractivity contribution in [2.24, 2.45) is 5.92 Å². The third-order valence-electron chi connectivity index (χ3n) is 4.56. The van der Waals surface area contributed by atoms with Crippen molar-refractivity contribution in [3.8, 4) is 0 Å². The monoisotopic (exact) mass is 253 g/mol. The summed E-state index contributed by atoms with van der Waals surface area (Å²) in [5.74, 6) is 0.879. The van der Waals surface area contributed by atoms with E-state index in [-0.39, 0.29) is 0 Å². The van der Waals surface area contributed by atoms with Gasteiger partial charge < -0.3 is 10.2 Å². The molecule has 0 aromatic heterocycles. The van der Waals surface area contributed by atoms with Crippen molar-refractivity contribution in [3.63, 3.8) is 0 Å². The molecule has 2 aliphatic rings. The average Bonchev–Trinajstić information content (AvgIpc) is 2.96. The van der Waals surface area contributed by atoms with Gasteiger partial charge in [0.05, 0.1) is 0 Å². The molecular formula is C15H31N3. The molecule has 0 aromatic carbocycles. The largest absolute Gasteiger partial charge is 0.314 e. The van der Waals surface area contributed by atoms with Crippen molar-refractivity contribution in [3.05, 3.63) is 0 Å². The van der Waals surface area contributed by atoms with Crippen molar-refractivity contribution in [1.29, 1.82) is 0 Å². The van der Waals surface area contributed by atoms with Gasteiger partial charge in [0.1, 0.15) is 0 Å². The van der Waals surface area contributed by atoms with Gasteiger partial charge in [-0.25, -0.2) is 0 Å². The maximum atomic E-state index is 3.58. The van der Waals surface area contributed by atoms with Crippen LogP contribution in [0.2, 0.25) is 0 Å².